The Morgan fingerprint density at radius 3 is 2.95 bits per heavy atom. The van der Waals surface area contributed by atoms with Crippen molar-refractivity contribution in [2.24, 2.45) is 0 Å². The topological polar surface area (TPSA) is 61.6 Å². The van der Waals surface area contributed by atoms with Crippen LogP contribution in [0.3, 0.4) is 0 Å². The Kier molecular flexibility index (Phi) is 4.04. The van der Waals surface area contributed by atoms with Crippen LogP contribution in [-0.4, -0.2) is 34.9 Å². The van der Waals surface area contributed by atoms with E-state index in [4.69, 9.17) is 26.8 Å². The van der Waals surface area contributed by atoms with Crippen LogP contribution in [0.2, 0.25) is 5.02 Å². The van der Waals surface area contributed by atoms with Gasteiger partial charge in [0.05, 0.1) is 33.7 Å². The molecule has 3 atom stereocenters. The fourth-order valence-electron chi connectivity index (χ4n) is 2.85. The van der Waals surface area contributed by atoms with Crippen molar-refractivity contribution in [1.29, 1.82) is 0 Å². The summed E-state index contributed by atoms with van der Waals surface area (Å²) >= 11 is 6.01. The summed E-state index contributed by atoms with van der Waals surface area (Å²) in [4.78, 5) is 0.741. The lowest BCUT2D eigenvalue weighted by atomic mass is 9.93. The van der Waals surface area contributed by atoms with E-state index in [1.165, 1.54) is 0 Å². The summed E-state index contributed by atoms with van der Waals surface area (Å²) in [5.41, 5.74) is 5.98. The molecule has 20 heavy (non-hydrogen) atoms. The number of ether oxygens (including phenoxy) is 2. The van der Waals surface area contributed by atoms with Gasteiger partial charge in [-0.05, 0) is 31.0 Å². The zero-order valence-corrected chi connectivity index (χ0v) is 12.7. The third-order valence-electron chi connectivity index (χ3n) is 4.02. The predicted octanol–water partition coefficient (Wildman–Crippen LogP) is 2.37. The van der Waals surface area contributed by atoms with E-state index in [2.05, 4.69) is 0 Å². The average molecular weight is 316 g/mol. The molecule has 4 nitrogen and oxygen atoms in total. The van der Waals surface area contributed by atoms with Crippen molar-refractivity contribution < 1.29 is 13.7 Å². The molecule has 2 aliphatic rings. The molecular formula is C14H18ClNO3S. The van der Waals surface area contributed by atoms with E-state index in [0.29, 0.717) is 23.9 Å². The van der Waals surface area contributed by atoms with Crippen molar-refractivity contribution in [1.82, 2.24) is 0 Å². The molecule has 2 N–H and O–H groups in total. The van der Waals surface area contributed by atoms with Gasteiger partial charge in [0, 0.05) is 29.8 Å². The largest absolute Gasteiger partial charge is 0.398 e. The minimum absolute atomic E-state index is 0.0881. The first-order valence-corrected chi connectivity index (χ1v) is 8.36. The Morgan fingerprint density at radius 2 is 2.25 bits per heavy atom. The Morgan fingerprint density at radius 1 is 1.40 bits per heavy atom. The maximum absolute atomic E-state index is 12.7. The molecule has 0 radical (unpaired) electrons. The monoisotopic (exact) mass is 315 g/mol. The van der Waals surface area contributed by atoms with Gasteiger partial charge in [-0.3, -0.25) is 4.21 Å². The first-order valence-electron chi connectivity index (χ1n) is 6.77. The Labute approximate surface area is 126 Å². The minimum Gasteiger partial charge on any atom is -0.398 e. The second kappa shape index (κ2) is 5.64. The Hall–Kier alpha value is -0.620. The van der Waals surface area contributed by atoms with E-state index < -0.39 is 10.8 Å². The van der Waals surface area contributed by atoms with Crippen LogP contribution in [0.1, 0.15) is 19.3 Å². The number of nitrogens with two attached hydrogens (primary N) is 1. The molecule has 1 spiro atoms. The molecule has 2 saturated heterocycles. The normalized spacial score (nSPS) is 31.6. The fraction of sp³-hybridized carbons (Fsp3) is 0.571. The number of rotatable bonds is 2. The van der Waals surface area contributed by atoms with Crippen molar-refractivity contribution in [3.63, 3.8) is 0 Å². The van der Waals surface area contributed by atoms with Gasteiger partial charge in [0.15, 0.2) is 0 Å². The first kappa shape index (κ1) is 14.3. The number of nitrogen functional groups attached to an aromatic ring is 1. The van der Waals surface area contributed by atoms with E-state index in [-0.39, 0.29) is 10.9 Å². The summed E-state index contributed by atoms with van der Waals surface area (Å²) in [5.74, 6) is 0. The van der Waals surface area contributed by atoms with Crippen molar-refractivity contribution in [3.8, 4) is 0 Å². The molecule has 3 unspecified atom stereocenters. The molecule has 0 saturated carbocycles. The van der Waals surface area contributed by atoms with Crippen LogP contribution in [0.5, 0.6) is 0 Å². The standard InChI is InChI=1S/C14H18ClNO3S/c15-12-7-10(1-2-13(12)16)20(17)11-3-5-19-14(8-11)4-6-18-9-14/h1-2,7,11H,3-6,8-9,16H2. The molecule has 110 valence electrons. The lowest BCUT2D eigenvalue weighted by Gasteiger charge is -2.36. The highest BCUT2D eigenvalue weighted by Gasteiger charge is 2.42. The summed E-state index contributed by atoms with van der Waals surface area (Å²) in [5, 5.41) is 0.548. The van der Waals surface area contributed by atoms with Gasteiger partial charge < -0.3 is 15.2 Å². The van der Waals surface area contributed by atoms with Crippen LogP contribution in [0.15, 0.2) is 23.1 Å². The summed E-state index contributed by atoms with van der Waals surface area (Å²) in [6.45, 7) is 1.98. The highest BCUT2D eigenvalue weighted by atomic mass is 35.5. The maximum Gasteiger partial charge on any atom is 0.0948 e. The van der Waals surface area contributed by atoms with Crippen LogP contribution in [-0.2, 0) is 20.3 Å². The smallest absolute Gasteiger partial charge is 0.0948 e. The zero-order valence-electron chi connectivity index (χ0n) is 11.1. The van der Waals surface area contributed by atoms with Gasteiger partial charge in [-0.15, -0.1) is 0 Å². The number of hydrogen-bond donors (Lipinski definition) is 1. The number of anilines is 1. The van der Waals surface area contributed by atoms with Gasteiger partial charge in [0.2, 0.25) is 0 Å². The lowest BCUT2D eigenvalue weighted by Crippen LogP contribution is -2.43. The van der Waals surface area contributed by atoms with E-state index in [0.717, 1.165) is 30.8 Å². The Bertz CT molecular complexity index is 531. The highest BCUT2D eigenvalue weighted by Crippen LogP contribution is 2.36. The van der Waals surface area contributed by atoms with Crippen molar-refractivity contribution in [2.75, 3.05) is 25.6 Å². The van der Waals surface area contributed by atoms with Crippen LogP contribution < -0.4 is 5.73 Å². The van der Waals surface area contributed by atoms with Gasteiger partial charge in [-0.1, -0.05) is 11.6 Å². The fourth-order valence-corrected chi connectivity index (χ4v) is 4.69. The average Bonchev–Trinajstić information content (AvgIpc) is 2.89. The quantitative estimate of drug-likeness (QED) is 0.851. The number of hydrogen-bond acceptors (Lipinski definition) is 4. The van der Waals surface area contributed by atoms with Gasteiger partial charge >= 0.3 is 0 Å². The van der Waals surface area contributed by atoms with Gasteiger partial charge in [-0.25, -0.2) is 0 Å². The van der Waals surface area contributed by atoms with Crippen LogP contribution in [0.25, 0.3) is 0 Å². The third kappa shape index (κ3) is 2.72. The molecule has 3 rings (SSSR count). The molecule has 0 aromatic heterocycles. The molecule has 0 amide bonds. The van der Waals surface area contributed by atoms with Gasteiger partial charge in [-0.2, -0.15) is 0 Å². The van der Waals surface area contributed by atoms with Crippen molar-refractivity contribution in [2.45, 2.75) is 35.0 Å². The van der Waals surface area contributed by atoms with Crippen molar-refractivity contribution >= 4 is 28.1 Å². The summed E-state index contributed by atoms with van der Waals surface area (Å²) in [7, 11) is -1.09. The molecule has 0 bridgehead atoms. The first-order chi connectivity index (χ1) is 9.60. The SMILES string of the molecule is Nc1ccc(S(=O)C2CCOC3(CCOC3)C2)cc1Cl. The van der Waals surface area contributed by atoms with Crippen molar-refractivity contribution in [3.05, 3.63) is 23.2 Å². The maximum atomic E-state index is 12.7. The van der Waals surface area contributed by atoms with Crippen LogP contribution >= 0.6 is 11.6 Å². The second-order valence-electron chi connectivity index (χ2n) is 5.43. The summed E-state index contributed by atoms with van der Waals surface area (Å²) in [6, 6.07) is 5.22. The van der Waals surface area contributed by atoms with E-state index in [1.54, 1.807) is 18.2 Å². The molecule has 2 fully saturated rings. The molecule has 0 aliphatic carbocycles. The molecule has 1 aromatic rings. The zero-order chi connectivity index (χ0) is 14.2. The van der Waals surface area contributed by atoms with E-state index in [1.807, 2.05) is 0 Å². The number of halogens is 1. The molecule has 1 aromatic carbocycles. The number of benzene rings is 1. The summed E-state index contributed by atoms with van der Waals surface area (Å²) in [6.07, 6.45) is 2.47. The van der Waals surface area contributed by atoms with E-state index in [9.17, 15) is 4.21 Å². The lowest BCUT2D eigenvalue weighted by molar-refractivity contribution is -0.0774. The molecular weight excluding hydrogens is 298 g/mol. The van der Waals surface area contributed by atoms with Crippen LogP contribution in [0.4, 0.5) is 5.69 Å². The van der Waals surface area contributed by atoms with Gasteiger partial charge in [0.25, 0.3) is 0 Å². The molecule has 2 heterocycles. The highest BCUT2D eigenvalue weighted by molar-refractivity contribution is 7.85. The molecule has 2 aliphatic heterocycles. The minimum atomic E-state index is -1.09. The van der Waals surface area contributed by atoms with E-state index >= 15 is 0 Å². The second-order valence-corrected chi connectivity index (χ2v) is 7.57. The van der Waals surface area contributed by atoms with Gasteiger partial charge in [0.1, 0.15) is 0 Å². The Balaban J connectivity index is 1.77. The van der Waals surface area contributed by atoms with Crippen LogP contribution in [0, 0.1) is 0 Å². The predicted molar refractivity (Wildman–Crippen MR) is 79.4 cm³/mol. The third-order valence-corrected chi connectivity index (χ3v) is 6.08. The summed E-state index contributed by atoms with van der Waals surface area (Å²) < 4.78 is 24.0. The molecule has 6 heteroatoms.